The molecule has 1 aliphatic heterocycles. The standard InChI is InChI=1S/C17H23NO2/c1-14-8-4-2-7-11-17(19)18-16(13-20-12-14)15-9-5-3-6-10-15/h2-6,9-10,14,16H,7-8,11-13H2,1H3,(H,18,19)/t14?,16-/m0/s1. The zero-order chi connectivity index (χ0) is 14.2. The van der Waals surface area contributed by atoms with Gasteiger partial charge in [0.2, 0.25) is 5.91 Å². The van der Waals surface area contributed by atoms with Crippen molar-refractivity contribution >= 4 is 5.91 Å². The second-order valence-electron chi connectivity index (χ2n) is 5.42. The molecule has 1 aromatic carbocycles. The Hall–Kier alpha value is -1.61. The lowest BCUT2D eigenvalue weighted by atomic mass is 10.1. The highest BCUT2D eigenvalue weighted by atomic mass is 16.5. The molecule has 1 amide bonds. The number of hydrogen-bond donors (Lipinski definition) is 1. The Balaban J connectivity index is 2.05. The van der Waals surface area contributed by atoms with Gasteiger partial charge in [-0.2, -0.15) is 0 Å². The first kappa shape index (κ1) is 14.8. The van der Waals surface area contributed by atoms with Crippen molar-refractivity contribution < 1.29 is 9.53 Å². The van der Waals surface area contributed by atoms with Crippen LogP contribution >= 0.6 is 0 Å². The predicted molar refractivity (Wildman–Crippen MR) is 80.3 cm³/mol. The molecule has 0 aromatic heterocycles. The third-order valence-electron chi connectivity index (χ3n) is 3.47. The van der Waals surface area contributed by atoms with E-state index in [1.54, 1.807) is 0 Å². The molecule has 3 nitrogen and oxygen atoms in total. The van der Waals surface area contributed by atoms with E-state index in [1.165, 1.54) is 0 Å². The molecule has 2 atom stereocenters. The van der Waals surface area contributed by atoms with Crippen LogP contribution in [0, 0.1) is 5.92 Å². The molecule has 0 fully saturated rings. The van der Waals surface area contributed by atoms with Crippen molar-refractivity contribution in [3.63, 3.8) is 0 Å². The summed E-state index contributed by atoms with van der Waals surface area (Å²) in [7, 11) is 0. The van der Waals surface area contributed by atoms with Crippen LogP contribution in [-0.2, 0) is 9.53 Å². The number of carbonyl (C=O) groups excluding carboxylic acids is 1. The summed E-state index contributed by atoms with van der Waals surface area (Å²) >= 11 is 0. The van der Waals surface area contributed by atoms with Gasteiger partial charge in [-0.05, 0) is 24.3 Å². The maximum atomic E-state index is 11.9. The van der Waals surface area contributed by atoms with Crippen molar-refractivity contribution in [2.45, 2.75) is 32.2 Å². The molecule has 1 aliphatic rings. The maximum absolute atomic E-state index is 11.9. The number of ether oxygens (including phenoxy) is 1. The Labute approximate surface area is 121 Å². The van der Waals surface area contributed by atoms with Gasteiger partial charge in [0.05, 0.1) is 12.6 Å². The van der Waals surface area contributed by atoms with Gasteiger partial charge in [0, 0.05) is 13.0 Å². The minimum atomic E-state index is -0.0562. The zero-order valence-electron chi connectivity index (χ0n) is 12.0. The van der Waals surface area contributed by atoms with Crippen LogP contribution in [0.25, 0.3) is 0 Å². The van der Waals surface area contributed by atoms with E-state index in [-0.39, 0.29) is 11.9 Å². The molecule has 3 heteroatoms. The van der Waals surface area contributed by atoms with Crippen molar-refractivity contribution in [2.24, 2.45) is 5.92 Å². The van der Waals surface area contributed by atoms with Crippen LogP contribution in [0.3, 0.4) is 0 Å². The van der Waals surface area contributed by atoms with E-state index >= 15 is 0 Å². The van der Waals surface area contributed by atoms with Gasteiger partial charge in [0.15, 0.2) is 0 Å². The normalized spacial score (nSPS) is 25.4. The monoisotopic (exact) mass is 273 g/mol. The molecule has 1 aromatic rings. The molecule has 0 spiro atoms. The first-order valence-corrected chi connectivity index (χ1v) is 7.32. The number of hydrogen-bond acceptors (Lipinski definition) is 2. The average Bonchev–Trinajstić information content (AvgIpc) is 2.45. The first-order chi connectivity index (χ1) is 9.75. The largest absolute Gasteiger partial charge is 0.379 e. The topological polar surface area (TPSA) is 38.3 Å². The molecule has 0 saturated heterocycles. The molecule has 0 radical (unpaired) electrons. The van der Waals surface area contributed by atoms with Crippen LogP contribution in [0.15, 0.2) is 42.5 Å². The number of benzene rings is 1. The van der Waals surface area contributed by atoms with Gasteiger partial charge >= 0.3 is 0 Å². The summed E-state index contributed by atoms with van der Waals surface area (Å²) in [5.74, 6) is 0.596. The summed E-state index contributed by atoms with van der Waals surface area (Å²) < 4.78 is 5.79. The summed E-state index contributed by atoms with van der Waals surface area (Å²) in [4.78, 5) is 11.9. The molecule has 1 N–H and O–H groups in total. The molecule has 0 saturated carbocycles. The fraction of sp³-hybridized carbons (Fsp3) is 0.471. The Morgan fingerprint density at radius 2 is 1.95 bits per heavy atom. The van der Waals surface area contributed by atoms with Crippen LogP contribution in [0.5, 0.6) is 0 Å². The molecule has 20 heavy (non-hydrogen) atoms. The predicted octanol–water partition coefficient (Wildman–Crippen LogP) is 3.24. The van der Waals surface area contributed by atoms with E-state index in [0.29, 0.717) is 18.9 Å². The lowest BCUT2D eigenvalue weighted by Gasteiger charge is -2.21. The van der Waals surface area contributed by atoms with Crippen LogP contribution in [-0.4, -0.2) is 19.1 Å². The third-order valence-corrected chi connectivity index (χ3v) is 3.47. The SMILES string of the molecule is CC1CC=CCCC(=O)N[C@H](c2ccccc2)COC1. The molecule has 108 valence electrons. The van der Waals surface area contributed by atoms with Gasteiger partial charge in [0.25, 0.3) is 0 Å². The number of carbonyl (C=O) groups is 1. The van der Waals surface area contributed by atoms with Gasteiger partial charge in [-0.1, -0.05) is 49.4 Å². The van der Waals surface area contributed by atoms with Gasteiger partial charge in [-0.25, -0.2) is 0 Å². The van der Waals surface area contributed by atoms with Crippen molar-refractivity contribution in [2.75, 3.05) is 13.2 Å². The van der Waals surface area contributed by atoms with Crippen molar-refractivity contribution in [1.82, 2.24) is 5.32 Å². The quantitative estimate of drug-likeness (QED) is 0.798. The summed E-state index contributed by atoms with van der Waals surface area (Å²) in [6.07, 6.45) is 6.60. The Morgan fingerprint density at radius 3 is 2.75 bits per heavy atom. The summed E-state index contributed by atoms with van der Waals surface area (Å²) in [5.41, 5.74) is 1.10. The van der Waals surface area contributed by atoms with Crippen molar-refractivity contribution in [3.8, 4) is 0 Å². The van der Waals surface area contributed by atoms with E-state index in [9.17, 15) is 4.79 Å². The molecule has 2 rings (SSSR count). The lowest BCUT2D eigenvalue weighted by molar-refractivity contribution is -0.122. The van der Waals surface area contributed by atoms with Gasteiger partial charge in [-0.15, -0.1) is 0 Å². The second-order valence-corrected chi connectivity index (χ2v) is 5.42. The Morgan fingerprint density at radius 1 is 1.15 bits per heavy atom. The van der Waals surface area contributed by atoms with Crippen LogP contribution < -0.4 is 5.32 Å². The highest BCUT2D eigenvalue weighted by Gasteiger charge is 2.15. The first-order valence-electron chi connectivity index (χ1n) is 7.32. The van der Waals surface area contributed by atoms with Gasteiger partial charge in [0.1, 0.15) is 0 Å². The van der Waals surface area contributed by atoms with Crippen LogP contribution in [0.1, 0.15) is 37.8 Å². The highest BCUT2D eigenvalue weighted by Crippen LogP contribution is 2.15. The number of nitrogens with one attached hydrogen (secondary N) is 1. The smallest absolute Gasteiger partial charge is 0.220 e. The van der Waals surface area contributed by atoms with Gasteiger partial charge in [-0.3, -0.25) is 4.79 Å². The van der Waals surface area contributed by atoms with Crippen LogP contribution in [0.2, 0.25) is 0 Å². The Bertz CT molecular complexity index is 442. The molecular formula is C17H23NO2. The van der Waals surface area contributed by atoms with E-state index in [4.69, 9.17) is 4.74 Å². The number of rotatable bonds is 1. The molecule has 1 heterocycles. The molecule has 1 unspecified atom stereocenters. The van der Waals surface area contributed by atoms with E-state index in [0.717, 1.165) is 25.0 Å². The van der Waals surface area contributed by atoms with E-state index in [1.807, 2.05) is 30.3 Å². The minimum Gasteiger partial charge on any atom is -0.379 e. The van der Waals surface area contributed by atoms with Crippen molar-refractivity contribution in [3.05, 3.63) is 48.0 Å². The molecule has 0 aliphatic carbocycles. The lowest BCUT2D eigenvalue weighted by Crippen LogP contribution is -2.31. The highest BCUT2D eigenvalue weighted by molar-refractivity contribution is 5.76. The summed E-state index contributed by atoms with van der Waals surface area (Å²) in [6.45, 7) is 3.44. The van der Waals surface area contributed by atoms with Crippen molar-refractivity contribution in [1.29, 1.82) is 0 Å². The molecular weight excluding hydrogens is 250 g/mol. The summed E-state index contributed by atoms with van der Waals surface area (Å²) in [5, 5.41) is 3.07. The zero-order valence-corrected chi connectivity index (χ0v) is 12.0. The van der Waals surface area contributed by atoms with Crippen LogP contribution in [0.4, 0.5) is 0 Å². The Kier molecular flexibility index (Phi) is 5.81. The fourth-order valence-corrected chi connectivity index (χ4v) is 2.29. The fourth-order valence-electron chi connectivity index (χ4n) is 2.29. The molecule has 0 bridgehead atoms. The summed E-state index contributed by atoms with van der Waals surface area (Å²) in [6, 6.07) is 9.97. The third kappa shape index (κ3) is 4.82. The second kappa shape index (κ2) is 7.85. The number of amides is 1. The maximum Gasteiger partial charge on any atom is 0.220 e. The average molecular weight is 273 g/mol. The number of allylic oxidation sites excluding steroid dienone is 2. The van der Waals surface area contributed by atoms with E-state index < -0.39 is 0 Å². The van der Waals surface area contributed by atoms with Gasteiger partial charge < -0.3 is 10.1 Å². The minimum absolute atomic E-state index is 0.0562. The van der Waals surface area contributed by atoms with E-state index in [2.05, 4.69) is 24.4 Å².